The summed E-state index contributed by atoms with van der Waals surface area (Å²) in [5.41, 5.74) is 0.318. The minimum atomic E-state index is -3.71. The molecule has 36 heavy (non-hydrogen) atoms. The fraction of sp³-hybridized carbons (Fsp3) is 0.480. The van der Waals surface area contributed by atoms with Gasteiger partial charge in [0, 0.05) is 45.5 Å². The quantitative estimate of drug-likeness (QED) is 0.598. The number of amides is 2. The summed E-state index contributed by atoms with van der Waals surface area (Å²) in [6, 6.07) is 10.3. The molecule has 4 heterocycles. The van der Waals surface area contributed by atoms with Crippen LogP contribution < -0.4 is 14.5 Å². The highest BCUT2D eigenvalue weighted by atomic mass is 32.2. The van der Waals surface area contributed by atoms with Crippen LogP contribution in [-0.2, 0) is 19.6 Å². The first-order valence-electron chi connectivity index (χ1n) is 12.3. The second-order valence-electron chi connectivity index (χ2n) is 9.54. The van der Waals surface area contributed by atoms with Gasteiger partial charge in [-0.05, 0) is 49.1 Å². The van der Waals surface area contributed by atoms with Crippen molar-refractivity contribution < 1.29 is 22.7 Å². The molecule has 0 unspecified atom stereocenters. The normalized spacial score (nSPS) is 19.7. The second kappa shape index (κ2) is 10.1. The Labute approximate surface area is 211 Å². The first-order valence-corrected chi connectivity index (χ1v) is 13.8. The highest BCUT2D eigenvalue weighted by molar-refractivity contribution is 7.89. The fourth-order valence-electron chi connectivity index (χ4n) is 4.85. The monoisotopic (exact) mass is 513 g/mol. The number of rotatable bonds is 5. The molecule has 3 aliphatic rings. The number of piperidine rings is 1. The molecule has 5 rings (SSSR count). The summed E-state index contributed by atoms with van der Waals surface area (Å²) in [5.74, 6) is 1.21. The van der Waals surface area contributed by atoms with Crippen LogP contribution in [0.1, 0.15) is 19.8 Å². The highest BCUT2D eigenvalue weighted by Gasteiger charge is 2.33. The van der Waals surface area contributed by atoms with Crippen LogP contribution in [0.2, 0.25) is 0 Å². The SMILES string of the molecule is CC1CCN(S(=O)(=O)c2ccc3c(c2)N(CC(=O)N2CCN(c4ccccn4)CC2)C(=O)CO3)CC1. The average Bonchev–Trinajstić information content (AvgIpc) is 2.91. The van der Waals surface area contributed by atoms with Crippen LogP contribution in [0.4, 0.5) is 11.5 Å². The van der Waals surface area contributed by atoms with E-state index in [0.717, 1.165) is 18.7 Å². The smallest absolute Gasteiger partial charge is 0.265 e. The topological polar surface area (TPSA) is 103 Å². The van der Waals surface area contributed by atoms with E-state index in [0.29, 0.717) is 56.6 Å². The molecule has 0 bridgehead atoms. The third-order valence-corrected chi connectivity index (χ3v) is 9.05. The number of piperazine rings is 1. The number of carbonyl (C=O) groups excluding carboxylic acids is 2. The van der Waals surface area contributed by atoms with Crippen molar-refractivity contribution in [3.05, 3.63) is 42.6 Å². The third-order valence-electron chi connectivity index (χ3n) is 7.15. The number of fused-ring (bicyclic) bond motifs is 1. The third kappa shape index (κ3) is 4.90. The minimum absolute atomic E-state index is 0.107. The van der Waals surface area contributed by atoms with Gasteiger partial charge in [0.05, 0.1) is 10.6 Å². The summed E-state index contributed by atoms with van der Waals surface area (Å²) < 4.78 is 33.6. The van der Waals surface area contributed by atoms with E-state index >= 15 is 0 Å². The Balaban J connectivity index is 1.30. The van der Waals surface area contributed by atoms with Crippen LogP contribution in [0.25, 0.3) is 0 Å². The number of carbonyl (C=O) groups is 2. The molecule has 10 nitrogen and oxygen atoms in total. The predicted molar refractivity (Wildman–Crippen MR) is 134 cm³/mol. The number of sulfonamides is 1. The van der Waals surface area contributed by atoms with Gasteiger partial charge in [-0.15, -0.1) is 0 Å². The van der Waals surface area contributed by atoms with Crippen molar-refractivity contribution in [1.29, 1.82) is 0 Å². The van der Waals surface area contributed by atoms with Crippen LogP contribution in [-0.4, -0.2) is 86.8 Å². The van der Waals surface area contributed by atoms with Gasteiger partial charge < -0.3 is 14.5 Å². The lowest BCUT2D eigenvalue weighted by Gasteiger charge is -2.37. The molecule has 2 aromatic rings. The Morgan fingerprint density at radius 3 is 2.50 bits per heavy atom. The molecule has 2 amide bonds. The van der Waals surface area contributed by atoms with E-state index in [1.165, 1.54) is 21.3 Å². The zero-order valence-corrected chi connectivity index (χ0v) is 21.2. The molecular formula is C25H31N5O5S. The van der Waals surface area contributed by atoms with Gasteiger partial charge in [0.25, 0.3) is 5.91 Å². The maximum Gasteiger partial charge on any atom is 0.265 e. The van der Waals surface area contributed by atoms with E-state index < -0.39 is 10.0 Å². The van der Waals surface area contributed by atoms with E-state index in [1.54, 1.807) is 17.2 Å². The molecule has 0 aliphatic carbocycles. The summed E-state index contributed by atoms with van der Waals surface area (Å²) in [6.45, 7) is 5.05. The van der Waals surface area contributed by atoms with Gasteiger partial charge in [-0.3, -0.25) is 14.5 Å². The average molecular weight is 514 g/mol. The Morgan fingerprint density at radius 1 is 1.06 bits per heavy atom. The minimum Gasteiger partial charge on any atom is -0.482 e. The Morgan fingerprint density at radius 2 is 1.81 bits per heavy atom. The van der Waals surface area contributed by atoms with Gasteiger partial charge in [-0.25, -0.2) is 13.4 Å². The molecule has 0 spiro atoms. The zero-order valence-electron chi connectivity index (χ0n) is 20.4. The van der Waals surface area contributed by atoms with Crippen LogP contribution in [0.3, 0.4) is 0 Å². The summed E-state index contributed by atoms with van der Waals surface area (Å²) >= 11 is 0. The molecule has 2 saturated heterocycles. The van der Waals surface area contributed by atoms with Crippen molar-refractivity contribution in [3.8, 4) is 5.75 Å². The van der Waals surface area contributed by atoms with Gasteiger partial charge in [-0.1, -0.05) is 13.0 Å². The molecule has 2 fully saturated rings. The number of aromatic nitrogens is 1. The van der Waals surface area contributed by atoms with E-state index in [-0.39, 0.29) is 29.9 Å². The highest BCUT2D eigenvalue weighted by Crippen LogP contribution is 2.35. The molecule has 11 heteroatoms. The van der Waals surface area contributed by atoms with Crippen molar-refractivity contribution in [2.75, 3.05) is 62.2 Å². The van der Waals surface area contributed by atoms with Crippen LogP contribution in [0, 0.1) is 5.92 Å². The van der Waals surface area contributed by atoms with Crippen LogP contribution in [0.5, 0.6) is 5.75 Å². The Hall–Kier alpha value is -3.18. The molecule has 192 valence electrons. The number of anilines is 2. The lowest BCUT2D eigenvalue weighted by Crippen LogP contribution is -2.53. The van der Waals surface area contributed by atoms with Crippen molar-refractivity contribution >= 4 is 33.3 Å². The Kier molecular flexibility index (Phi) is 6.85. The first kappa shape index (κ1) is 24.5. The van der Waals surface area contributed by atoms with Gasteiger partial charge >= 0.3 is 0 Å². The second-order valence-corrected chi connectivity index (χ2v) is 11.5. The van der Waals surface area contributed by atoms with Crippen LogP contribution >= 0.6 is 0 Å². The van der Waals surface area contributed by atoms with Crippen molar-refractivity contribution in [3.63, 3.8) is 0 Å². The summed E-state index contributed by atoms with van der Waals surface area (Å²) in [7, 11) is -3.71. The lowest BCUT2D eigenvalue weighted by molar-refractivity contribution is -0.132. The van der Waals surface area contributed by atoms with E-state index in [9.17, 15) is 18.0 Å². The zero-order chi connectivity index (χ0) is 25.3. The molecule has 0 radical (unpaired) electrons. The number of hydrogen-bond donors (Lipinski definition) is 0. The molecule has 1 aromatic heterocycles. The number of pyridine rings is 1. The molecule has 0 atom stereocenters. The summed E-state index contributed by atoms with van der Waals surface area (Å²) in [5, 5.41) is 0. The molecule has 0 saturated carbocycles. The maximum atomic E-state index is 13.3. The number of hydrogen-bond acceptors (Lipinski definition) is 7. The number of benzene rings is 1. The van der Waals surface area contributed by atoms with E-state index in [2.05, 4.69) is 16.8 Å². The maximum absolute atomic E-state index is 13.3. The van der Waals surface area contributed by atoms with Crippen molar-refractivity contribution in [2.45, 2.75) is 24.7 Å². The summed E-state index contributed by atoms with van der Waals surface area (Å²) in [6.07, 6.45) is 3.38. The van der Waals surface area contributed by atoms with E-state index in [1.807, 2.05) is 18.2 Å². The van der Waals surface area contributed by atoms with Crippen molar-refractivity contribution in [1.82, 2.24) is 14.2 Å². The number of ether oxygens (including phenoxy) is 1. The first-order chi connectivity index (χ1) is 17.3. The molecule has 3 aliphatic heterocycles. The van der Waals surface area contributed by atoms with Gasteiger partial charge in [0.2, 0.25) is 15.9 Å². The predicted octanol–water partition coefficient (Wildman–Crippen LogP) is 1.58. The summed E-state index contributed by atoms with van der Waals surface area (Å²) in [4.78, 5) is 35.6. The lowest BCUT2D eigenvalue weighted by atomic mass is 10.0. The van der Waals surface area contributed by atoms with Gasteiger partial charge in [0.1, 0.15) is 18.1 Å². The van der Waals surface area contributed by atoms with Crippen LogP contribution in [0.15, 0.2) is 47.5 Å². The standard InChI is InChI=1S/C25H31N5O5S/c1-19-7-10-29(11-8-19)36(33,34)20-5-6-22-21(16-20)30(25(32)18-35-22)17-24(31)28-14-12-27(13-15-28)23-4-2-3-9-26-23/h2-6,9,16,19H,7-8,10-15,17-18H2,1H3. The number of nitrogens with zero attached hydrogens (tertiary/aromatic N) is 5. The molecule has 1 aromatic carbocycles. The Bertz CT molecular complexity index is 1220. The van der Waals surface area contributed by atoms with Gasteiger partial charge in [0.15, 0.2) is 6.61 Å². The van der Waals surface area contributed by atoms with E-state index in [4.69, 9.17) is 4.74 Å². The molecular weight excluding hydrogens is 482 g/mol. The molecule has 0 N–H and O–H groups in total. The van der Waals surface area contributed by atoms with Crippen molar-refractivity contribution in [2.24, 2.45) is 5.92 Å². The van der Waals surface area contributed by atoms with Gasteiger partial charge in [-0.2, -0.15) is 4.31 Å². The largest absolute Gasteiger partial charge is 0.482 e. The fourth-order valence-corrected chi connectivity index (χ4v) is 6.34.